The average molecular weight is 426 g/mol. The Bertz CT molecular complexity index is 1240. The highest BCUT2D eigenvalue weighted by atomic mass is 35.5. The highest BCUT2D eigenvalue weighted by Gasteiger charge is 2.18. The maximum Gasteiger partial charge on any atom is 0.276 e. The van der Waals surface area contributed by atoms with Crippen molar-refractivity contribution < 1.29 is 13.5 Å². The van der Waals surface area contributed by atoms with E-state index in [-0.39, 0.29) is 10.6 Å². The van der Waals surface area contributed by atoms with Gasteiger partial charge in [-0.2, -0.15) is 23.1 Å². The van der Waals surface area contributed by atoms with E-state index in [0.29, 0.717) is 16.4 Å². The third-order valence-electron chi connectivity index (χ3n) is 4.27. The number of sulfonamides is 1. The van der Waals surface area contributed by atoms with Gasteiger partial charge >= 0.3 is 0 Å². The van der Waals surface area contributed by atoms with Crippen LogP contribution in [0, 0.1) is 0 Å². The summed E-state index contributed by atoms with van der Waals surface area (Å²) >= 11 is 5.98. The van der Waals surface area contributed by atoms with Gasteiger partial charge in [-0.05, 0) is 54.6 Å². The molecule has 2 N–H and O–H groups in total. The lowest BCUT2D eigenvalue weighted by atomic mass is 10.1. The third-order valence-corrected chi connectivity index (χ3v) is 5.83. The van der Waals surface area contributed by atoms with Crippen LogP contribution in [0.25, 0.3) is 22.5 Å². The number of aromatic hydroxyl groups is 1. The Morgan fingerprint density at radius 2 is 1.48 bits per heavy atom. The zero-order chi connectivity index (χ0) is 20.4. The summed E-state index contributed by atoms with van der Waals surface area (Å²) in [6, 6.07) is 23.4. The predicted molar refractivity (Wildman–Crippen MR) is 113 cm³/mol. The molecule has 1 heterocycles. The van der Waals surface area contributed by atoms with E-state index in [1.54, 1.807) is 72.8 Å². The van der Waals surface area contributed by atoms with Crippen LogP contribution in [-0.4, -0.2) is 23.4 Å². The Labute approximate surface area is 173 Å². The summed E-state index contributed by atoms with van der Waals surface area (Å²) in [5.41, 5.74) is 2.56. The van der Waals surface area contributed by atoms with Crippen molar-refractivity contribution in [2.45, 2.75) is 4.90 Å². The van der Waals surface area contributed by atoms with Gasteiger partial charge in [-0.15, -0.1) is 0 Å². The van der Waals surface area contributed by atoms with Crippen LogP contribution in [-0.2, 0) is 10.0 Å². The van der Waals surface area contributed by atoms with Crippen LogP contribution in [0.15, 0.2) is 89.8 Å². The summed E-state index contributed by atoms with van der Waals surface area (Å²) < 4.78 is 25.6. The van der Waals surface area contributed by atoms with Gasteiger partial charge in [0, 0.05) is 16.1 Å². The van der Waals surface area contributed by atoms with E-state index in [4.69, 9.17) is 11.6 Å². The average Bonchev–Trinajstić information content (AvgIpc) is 3.13. The second kappa shape index (κ2) is 7.62. The number of halogens is 1. The summed E-state index contributed by atoms with van der Waals surface area (Å²) in [4.78, 5) is 3.87. The van der Waals surface area contributed by atoms with Crippen LogP contribution in [0.3, 0.4) is 0 Å². The Morgan fingerprint density at radius 1 is 0.862 bits per heavy atom. The van der Waals surface area contributed by atoms with Crippen LogP contribution < -0.4 is 4.83 Å². The van der Waals surface area contributed by atoms with E-state index in [0.717, 1.165) is 11.1 Å². The van der Waals surface area contributed by atoms with E-state index in [9.17, 15) is 13.5 Å². The first-order chi connectivity index (χ1) is 13.9. The molecule has 4 aromatic rings. The van der Waals surface area contributed by atoms with Gasteiger partial charge in [0.25, 0.3) is 10.0 Å². The molecule has 6 nitrogen and oxygen atoms in total. The summed E-state index contributed by atoms with van der Waals surface area (Å²) in [6.07, 6.45) is 0. The second-order valence-corrected chi connectivity index (χ2v) is 8.39. The smallest absolute Gasteiger partial charge is 0.276 e. The van der Waals surface area contributed by atoms with E-state index in [1.165, 1.54) is 16.9 Å². The van der Waals surface area contributed by atoms with E-state index in [1.807, 2.05) is 0 Å². The molecule has 0 aliphatic carbocycles. The van der Waals surface area contributed by atoms with Gasteiger partial charge in [-0.3, -0.25) is 0 Å². The number of nitrogens with one attached hydrogen (secondary N) is 1. The van der Waals surface area contributed by atoms with E-state index < -0.39 is 10.0 Å². The normalized spacial score (nSPS) is 11.3. The minimum absolute atomic E-state index is 0.128. The lowest BCUT2D eigenvalue weighted by Crippen LogP contribution is -2.25. The van der Waals surface area contributed by atoms with Crippen LogP contribution in [0.4, 0.5) is 0 Å². The Balaban J connectivity index is 1.80. The first-order valence-corrected chi connectivity index (χ1v) is 10.5. The highest BCUT2D eigenvalue weighted by molar-refractivity contribution is 7.92. The Kier molecular flexibility index (Phi) is 5.00. The SMILES string of the molecule is O=S(=O)(Nn1nc(-c2ccc(O)cc2)cc1-c1ccc(Cl)cc1)c1ccccc1. The van der Waals surface area contributed by atoms with Crippen LogP contribution in [0.1, 0.15) is 0 Å². The predicted octanol–water partition coefficient (Wildman–Crippen LogP) is 4.51. The molecular formula is C21H16ClN3O3S. The minimum atomic E-state index is -3.84. The summed E-state index contributed by atoms with van der Waals surface area (Å²) in [5.74, 6) is 0.135. The molecule has 0 bridgehead atoms. The molecular weight excluding hydrogens is 410 g/mol. The van der Waals surface area contributed by atoms with Gasteiger partial charge in [0.2, 0.25) is 0 Å². The van der Waals surface area contributed by atoms with Crippen LogP contribution in [0.5, 0.6) is 5.75 Å². The van der Waals surface area contributed by atoms with E-state index >= 15 is 0 Å². The molecule has 29 heavy (non-hydrogen) atoms. The fourth-order valence-electron chi connectivity index (χ4n) is 2.82. The number of benzene rings is 3. The minimum Gasteiger partial charge on any atom is -0.508 e. The summed E-state index contributed by atoms with van der Waals surface area (Å²) in [7, 11) is -3.84. The van der Waals surface area contributed by atoms with Gasteiger partial charge in [0.05, 0.1) is 16.3 Å². The summed E-state index contributed by atoms with van der Waals surface area (Å²) in [5, 5.41) is 14.5. The zero-order valence-electron chi connectivity index (χ0n) is 15.0. The molecule has 0 amide bonds. The standard InChI is InChI=1S/C21H16ClN3O3S/c22-17-10-6-16(7-11-17)21-14-20(15-8-12-18(26)13-9-15)23-25(21)24-29(27,28)19-4-2-1-3-5-19/h1-14,24,26H. The van der Waals surface area contributed by atoms with Crippen LogP contribution >= 0.6 is 11.6 Å². The molecule has 0 saturated heterocycles. The van der Waals surface area contributed by atoms with Crippen molar-refractivity contribution in [3.05, 3.63) is 90.0 Å². The van der Waals surface area contributed by atoms with Crippen molar-refractivity contribution in [1.29, 1.82) is 0 Å². The largest absolute Gasteiger partial charge is 0.508 e. The molecule has 0 spiro atoms. The monoisotopic (exact) mass is 425 g/mol. The molecule has 146 valence electrons. The lowest BCUT2D eigenvalue weighted by Gasteiger charge is -2.11. The quantitative estimate of drug-likeness (QED) is 0.492. The zero-order valence-corrected chi connectivity index (χ0v) is 16.6. The molecule has 0 atom stereocenters. The summed E-state index contributed by atoms with van der Waals surface area (Å²) in [6.45, 7) is 0. The van der Waals surface area contributed by atoms with E-state index in [2.05, 4.69) is 9.93 Å². The van der Waals surface area contributed by atoms with Crippen molar-refractivity contribution in [3.63, 3.8) is 0 Å². The van der Waals surface area contributed by atoms with Crippen molar-refractivity contribution in [2.24, 2.45) is 0 Å². The molecule has 0 radical (unpaired) electrons. The number of hydrogen-bond donors (Lipinski definition) is 2. The molecule has 0 aliphatic heterocycles. The number of phenols is 1. The van der Waals surface area contributed by atoms with Gasteiger partial charge < -0.3 is 5.11 Å². The fourth-order valence-corrected chi connectivity index (χ4v) is 3.93. The first-order valence-electron chi connectivity index (χ1n) is 8.66. The molecule has 0 aliphatic rings. The Hall–Kier alpha value is -3.29. The van der Waals surface area contributed by atoms with Crippen molar-refractivity contribution in [1.82, 2.24) is 9.89 Å². The van der Waals surface area contributed by atoms with Gasteiger partial charge in [-0.25, -0.2) is 0 Å². The maximum absolute atomic E-state index is 12.8. The molecule has 0 saturated carbocycles. The van der Waals surface area contributed by atoms with Crippen molar-refractivity contribution >= 4 is 21.6 Å². The van der Waals surface area contributed by atoms with Crippen molar-refractivity contribution in [3.8, 4) is 28.3 Å². The lowest BCUT2D eigenvalue weighted by molar-refractivity contribution is 0.475. The molecule has 8 heteroatoms. The first kappa shape index (κ1) is 19.0. The van der Waals surface area contributed by atoms with Gasteiger partial charge in [0.15, 0.2) is 0 Å². The van der Waals surface area contributed by atoms with Crippen molar-refractivity contribution in [2.75, 3.05) is 4.83 Å². The molecule has 0 fully saturated rings. The molecule has 4 rings (SSSR count). The topological polar surface area (TPSA) is 84.2 Å². The number of rotatable bonds is 5. The van der Waals surface area contributed by atoms with Gasteiger partial charge in [0.1, 0.15) is 5.75 Å². The maximum atomic E-state index is 12.8. The number of hydrogen-bond acceptors (Lipinski definition) is 4. The molecule has 3 aromatic carbocycles. The van der Waals surface area contributed by atoms with Gasteiger partial charge in [-0.1, -0.05) is 41.9 Å². The fraction of sp³-hybridized carbons (Fsp3) is 0. The number of phenolic OH excluding ortho intramolecular Hbond substituents is 1. The second-order valence-electron chi connectivity index (χ2n) is 6.29. The molecule has 0 unspecified atom stereocenters. The number of aromatic nitrogens is 2. The highest BCUT2D eigenvalue weighted by Crippen LogP contribution is 2.28. The molecule has 1 aromatic heterocycles. The Morgan fingerprint density at radius 3 is 2.14 bits per heavy atom. The third kappa shape index (κ3) is 4.11. The number of nitrogens with zero attached hydrogens (tertiary/aromatic N) is 2. The van der Waals surface area contributed by atoms with Crippen LogP contribution in [0.2, 0.25) is 5.02 Å².